The van der Waals surface area contributed by atoms with E-state index in [0.717, 1.165) is 22.4 Å². The Morgan fingerprint density at radius 2 is 2.10 bits per heavy atom. The number of pyridine rings is 1. The van der Waals surface area contributed by atoms with Gasteiger partial charge < -0.3 is 4.74 Å². The maximum atomic E-state index is 13.5. The molecular weight excluding hydrogens is 269 g/mol. The van der Waals surface area contributed by atoms with Crippen LogP contribution in [0.4, 0.5) is 4.39 Å². The number of methoxy groups -OCH3 is 1. The molecule has 0 amide bonds. The maximum absolute atomic E-state index is 13.5. The van der Waals surface area contributed by atoms with Crippen LogP contribution < -0.4 is 4.74 Å². The van der Waals surface area contributed by atoms with E-state index in [9.17, 15) is 9.18 Å². The normalized spacial score (nSPS) is 17.5. The molecule has 0 saturated heterocycles. The minimum absolute atomic E-state index is 0.0677. The van der Waals surface area contributed by atoms with Gasteiger partial charge in [0.05, 0.1) is 12.8 Å². The second kappa shape index (κ2) is 5.28. The molecule has 21 heavy (non-hydrogen) atoms. The first kappa shape index (κ1) is 13.7. The number of benzene rings is 1. The minimum atomic E-state index is -0.318. The predicted octanol–water partition coefficient (Wildman–Crippen LogP) is 3.45. The molecule has 0 saturated carbocycles. The van der Waals surface area contributed by atoms with Crippen molar-refractivity contribution in [3.05, 3.63) is 58.7 Å². The summed E-state index contributed by atoms with van der Waals surface area (Å²) in [5.74, 6) is 0.273. The summed E-state index contributed by atoms with van der Waals surface area (Å²) in [5.41, 5.74) is 3.21. The van der Waals surface area contributed by atoms with E-state index < -0.39 is 0 Å². The van der Waals surface area contributed by atoms with Gasteiger partial charge in [-0.25, -0.2) is 4.39 Å². The number of halogens is 1. The lowest BCUT2D eigenvalue weighted by Crippen LogP contribution is -2.21. The van der Waals surface area contributed by atoms with Crippen LogP contribution in [0.2, 0.25) is 0 Å². The topological polar surface area (TPSA) is 39.2 Å². The highest BCUT2D eigenvalue weighted by Gasteiger charge is 2.30. The summed E-state index contributed by atoms with van der Waals surface area (Å²) < 4.78 is 18.8. The number of carbonyl (C=O) groups excluding carboxylic acids is 1. The van der Waals surface area contributed by atoms with Gasteiger partial charge in [-0.1, -0.05) is 0 Å². The molecule has 0 radical (unpaired) electrons. The van der Waals surface area contributed by atoms with E-state index in [4.69, 9.17) is 4.74 Å². The largest absolute Gasteiger partial charge is 0.496 e. The Hall–Kier alpha value is -2.23. The number of ketones is 1. The van der Waals surface area contributed by atoms with Crippen LogP contribution in [0.25, 0.3) is 0 Å². The maximum Gasteiger partial charge on any atom is 0.165 e. The number of fused-ring (bicyclic) bond motifs is 1. The van der Waals surface area contributed by atoms with Crippen molar-refractivity contribution in [2.45, 2.75) is 25.7 Å². The summed E-state index contributed by atoms with van der Waals surface area (Å²) in [6.07, 6.45) is 2.70. The molecule has 108 valence electrons. The van der Waals surface area contributed by atoms with Crippen molar-refractivity contribution in [3.8, 4) is 5.75 Å². The van der Waals surface area contributed by atoms with Crippen LogP contribution in [0, 0.1) is 12.7 Å². The fourth-order valence-electron chi connectivity index (χ4n) is 3.03. The molecule has 1 aromatic carbocycles. The number of aromatic nitrogens is 1. The Kier molecular flexibility index (Phi) is 3.45. The Morgan fingerprint density at radius 3 is 2.86 bits per heavy atom. The third kappa shape index (κ3) is 2.42. The van der Waals surface area contributed by atoms with E-state index >= 15 is 0 Å². The zero-order valence-electron chi connectivity index (χ0n) is 12.0. The summed E-state index contributed by atoms with van der Waals surface area (Å²) in [7, 11) is 1.55. The Morgan fingerprint density at radius 1 is 1.29 bits per heavy atom. The molecule has 1 heterocycles. The summed E-state index contributed by atoms with van der Waals surface area (Å²) in [4.78, 5) is 16.7. The summed E-state index contributed by atoms with van der Waals surface area (Å²) in [6, 6.07) is 6.27. The number of rotatable bonds is 2. The van der Waals surface area contributed by atoms with Crippen LogP contribution in [0.15, 0.2) is 30.5 Å². The van der Waals surface area contributed by atoms with Crippen LogP contribution in [-0.4, -0.2) is 17.9 Å². The minimum Gasteiger partial charge on any atom is -0.496 e. The molecule has 0 spiro atoms. The average molecular weight is 285 g/mol. The van der Waals surface area contributed by atoms with Gasteiger partial charge in [-0.05, 0) is 43.2 Å². The molecular formula is C17H16FNO2. The van der Waals surface area contributed by atoms with Crippen molar-refractivity contribution < 1.29 is 13.9 Å². The molecule has 1 unspecified atom stereocenters. The van der Waals surface area contributed by atoms with Crippen molar-refractivity contribution in [1.29, 1.82) is 0 Å². The first-order chi connectivity index (χ1) is 10.1. The van der Waals surface area contributed by atoms with Gasteiger partial charge in [0, 0.05) is 29.7 Å². The predicted molar refractivity (Wildman–Crippen MR) is 77.3 cm³/mol. The summed E-state index contributed by atoms with van der Waals surface area (Å²) in [6.45, 7) is 1.92. The van der Waals surface area contributed by atoms with Crippen LogP contribution in [0.3, 0.4) is 0 Å². The first-order valence-electron chi connectivity index (χ1n) is 6.91. The third-order valence-electron chi connectivity index (χ3n) is 4.02. The number of ether oxygens (including phenoxy) is 1. The van der Waals surface area contributed by atoms with Crippen molar-refractivity contribution in [2.24, 2.45) is 0 Å². The van der Waals surface area contributed by atoms with Crippen LogP contribution in [0.1, 0.15) is 39.5 Å². The molecule has 1 atom stereocenters. The molecule has 0 N–H and O–H groups in total. The number of carbonyl (C=O) groups is 1. The lowest BCUT2D eigenvalue weighted by molar-refractivity contribution is 0.0962. The van der Waals surface area contributed by atoms with Gasteiger partial charge in [0.2, 0.25) is 0 Å². The highest BCUT2D eigenvalue weighted by atomic mass is 19.1. The molecule has 1 aliphatic rings. The van der Waals surface area contributed by atoms with E-state index in [1.54, 1.807) is 19.4 Å². The lowest BCUT2D eigenvalue weighted by Gasteiger charge is -2.25. The highest BCUT2D eigenvalue weighted by molar-refractivity contribution is 6.00. The second-order valence-electron chi connectivity index (χ2n) is 5.36. The fraction of sp³-hybridized carbons (Fsp3) is 0.294. The average Bonchev–Trinajstić information content (AvgIpc) is 2.47. The van der Waals surface area contributed by atoms with Gasteiger partial charge in [0.15, 0.2) is 5.78 Å². The molecule has 0 bridgehead atoms. The quantitative estimate of drug-likeness (QED) is 0.848. The number of hydrogen-bond acceptors (Lipinski definition) is 3. The summed E-state index contributed by atoms with van der Waals surface area (Å²) >= 11 is 0. The zero-order chi connectivity index (χ0) is 15.0. The van der Waals surface area contributed by atoms with Gasteiger partial charge in [0.25, 0.3) is 0 Å². The van der Waals surface area contributed by atoms with Crippen LogP contribution in [0.5, 0.6) is 5.75 Å². The third-order valence-corrected chi connectivity index (χ3v) is 4.02. The van der Waals surface area contributed by atoms with Gasteiger partial charge in [-0.15, -0.1) is 0 Å². The lowest BCUT2D eigenvalue weighted by atomic mass is 9.80. The second-order valence-corrected chi connectivity index (χ2v) is 5.36. The van der Waals surface area contributed by atoms with Gasteiger partial charge in [-0.3, -0.25) is 9.78 Å². The number of Topliss-reactive ketones (excluding diaryl/α,β-unsaturated/α-hetero) is 1. The SMILES string of the molecule is COc1ccc(F)cc1C1CC(=O)c2c(C)ccnc2C1. The van der Waals surface area contributed by atoms with E-state index in [1.165, 1.54) is 12.1 Å². The molecule has 1 aromatic heterocycles. The first-order valence-corrected chi connectivity index (χ1v) is 6.91. The van der Waals surface area contributed by atoms with Crippen molar-refractivity contribution in [3.63, 3.8) is 0 Å². The highest BCUT2D eigenvalue weighted by Crippen LogP contribution is 2.37. The number of hydrogen-bond donors (Lipinski definition) is 0. The monoisotopic (exact) mass is 285 g/mol. The van der Waals surface area contributed by atoms with Gasteiger partial charge >= 0.3 is 0 Å². The number of aryl methyl sites for hydroxylation is 1. The molecule has 0 fully saturated rings. The van der Waals surface area contributed by atoms with Crippen molar-refractivity contribution >= 4 is 5.78 Å². The van der Waals surface area contributed by atoms with Gasteiger partial charge in [-0.2, -0.15) is 0 Å². The Balaban J connectivity index is 2.04. The number of nitrogens with zero attached hydrogens (tertiary/aromatic N) is 1. The Labute approximate surface area is 122 Å². The van der Waals surface area contributed by atoms with Crippen LogP contribution >= 0.6 is 0 Å². The van der Waals surface area contributed by atoms with Crippen LogP contribution in [-0.2, 0) is 6.42 Å². The van der Waals surface area contributed by atoms with Gasteiger partial charge in [0.1, 0.15) is 11.6 Å². The molecule has 0 aliphatic heterocycles. The molecule has 3 rings (SSSR count). The zero-order valence-corrected chi connectivity index (χ0v) is 12.0. The molecule has 4 heteroatoms. The smallest absolute Gasteiger partial charge is 0.165 e. The van der Waals surface area contributed by atoms with E-state index in [-0.39, 0.29) is 17.5 Å². The molecule has 3 nitrogen and oxygen atoms in total. The van der Waals surface area contributed by atoms with E-state index in [2.05, 4.69) is 4.98 Å². The Bertz CT molecular complexity index is 712. The van der Waals surface area contributed by atoms with Crippen molar-refractivity contribution in [2.75, 3.05) is 7.11 Å². The van der Waals surface area contributed by atoms with E-state index in [1.807, 2.05) is 13.0 Å². The van der Waals surface area contributed by atoms with E-state index in [0.29, 0.717) is 18.6 Å². The summed E-state index contributed by atoms with van der Waals surface area (Å²) in [5, 5.41) is 0. The fourth-order valence-corrected chi connectivity index (χ4v) is 3.03. The molecule has 2 aromatic rings. The standard InChI is InChI=1S/C17H16FNO2/c1-10-5-6-19-14-7-11(8-15(20)17(10)14)13-9-12(18)3-4-16(13)21-2/h3-6,9,11H,7-8H2,1-2H3. The van der Waals surface area contributed by atoms with Crippen molar-refractivity contribution in [1.82, 2.24) is 4.98 Å². The molecule has 1 aliphatic carbocycles.